The number of H-pyrrole nitrogens is 1. The zero-order valence-corrected chi connectivity index (χ0v) is 19.0. The molecule has 0 saturated heterocycles. The number of aromatic amines is 1. The quantitative estimate of drug-likeness (QED) is 0.695. The van der Waals surface area contributed by atoms with Gasteiger partial charge in [-0.2, -0.15) is 15.4 Å². The van der Waals surface area contributed by atoms with E-state index in [0.717, 1.165) is 48.8 Å². The number of benzene rings is 1. The molecule has 0 spiro atoms. The molecule has 0 unspecified atom stereocenters. The summed E-state index contributed by atoms with van der Waals surface area (Å²) in [4.78, 5) is 25.6. The molecule has 6 nitrogen and oxygen atoms in total. The SMILES string of the molecule is C[C@]12CC[C@H]3[C@@H](CCC4=CC(=O)CC[C@@]43C)[C@@H]1CC[C@@H]2C(=O)Nc1cccc2n[nH]nc12. The van der Waals surface area contributed by atoms with Gasteiger partial charge in [0, 0.05) is 12.3 Å². The predicted molar refractivity (Wildman–Crippen MR) is 123 cm³/mol. The largest absolute Gasteiger partial charge is 0.324 e. The number of rotatable bonds is 2. The summed E-state index contributed by atoms with van der Waals surface area (Å²) < 4.78 is 0. The highest BCUT2D eigenvalue weighted by atomic mass is 16.2. The minimum atomic E-state index is 0.0354. The van der Waals surface area contributed by atoms with E-state index < -0.39 is 0 Å². The molecular formula is C26H32N4O2. The van der Waals surface area contributed by atoms with E-state index in [1.807, 2.05) is 24.3 Å². The molecule has 0 aliphatic heterocycles. The molecule has 32 heavy (non-hydrogen) atoms. The van der Waals surface area contributed by atoms with Crippen molar-refractivity contribution in [2.24, 2.45) is 34.5 Å². The molecule has 0 bridgehead atoms. The smallest absolute Gasteiger partial charge is 0.228 e. The molecule has 2 N–H and O–H groups in total. The second kappa shape index (κ2) is 7.00. The van der Waals surface area contributed by atoms with Crippen molar-refractivity contribution in [2.75, 3.05) is 5.32 Å². The van der Waals surface area contributed by atoms with Crippen LogP contribution in [0.5, 0.6) is 0 Å². The molecule has 6 atom stereocenters. The molecule has 1 aromatic carbocycles. The molecule has 4 aliphatic rings. The molecule has 6 heteroatoms. The molecule has 0 radical (unpaired) electrons. The van der Waals surface area contributed by atoms with Gasteiger partial charge in [0.2, 0.25) is 5.91 Å². The van der Waals surface area contributed by atoms with Crippen LogP contribution in [0, 0.1) is 34.5 Å². The van der Waals surface area contributed by atoms with Crippen LogP contribution < -0.4 is 5.32 Å². The summed E-state index contributed by atoms with van der Waals surface area (Å²) in [5, 5.41) is 14.2. The Morgan fingerprint density at radius 2 is 1.94 bits per heavy atom. The van der Waals surface area contributed by atoms with Gasteiger partial charge in [-0.25, -0.2) is 0 Å². The van der Waals surface area contributed by atoms with Gasteiger partial charge in [0.25, 0.3) is 0 Å². The van der Waals surface area contributed by atoms with E-state index in [1.165, 1.54) is 18.4 Å². The first-order chi connectivity index (χ1) is 15.4. The lowest BCUT2D eigenvalue weighted by Crippen LogP contribution is -2.51. The molecule has 1 aromatic heterocycles. The van der Waals surface area contributed by atoms with Crippen molar-refractivity contribution in [1.29, 1.82) is 0 Å². The topological polar surface area (TPSA) is 87.7 Å². The van der Waals surface area contributed by atoms with Gasteiger partial charge >= 0.3 is 0 Å². The predicted octanol–water partition coefficient (Wildman–Crippen LogP) is 5.04. The van der Waals surface area contributed by atoms with E-state index in [0.29, 0.717) is 30.0 Å². The monoisotopic (exact) mass is 432 g/mol. The van der Waals surface area contributed by atoms with E-state index in [2.05, 4.69) is 34.6 Å². The van der Waals surface area contributed by atoms with Gasteiger partial charge in [0.05, 0.1) is 5.69 Å². The maximum Gasteiger partial charge on any atom is 0.228 e. The molecule has 2 aromatic rings. The van der Waals surface area contributed by atoms with Gasteiger partial charge in [-0.1, -0.05) is 25.5 Å². The highest BCUT2D eigenvalue weighted by Gasteiger charge is 2.60. The fourth-order valence-corrected chi connectivity index (χ4v) is 8.18. The maximum atomic E-state index is 13.5. The average Bonchev–Trinajstić information content (AvgIpc) is 3.39. The van der Waals surface area contributed by atoms with Crippen LogP contribution in [-0.2, 0) is 9.59 Å². The Morgan fingerprint density at radius 1 is 1.06 bits per heavy atom. The number of aromatic nitrogens is 3. The van der Waals surface area contributed by atoms with Gasteiger partial charge in [0.1, 0.15) is 11.0 Å². The van der Waals surface area contributed by atoms with Crippen LogP contribution in [0.3, 0.4) is 0 Å². The minimum absolute atomic E-state index is 0.0354. The first-order valence-electron chi connectivity index (χ1n) is 12.2. The van der Waals surface area contributed by atoms with Crippen molar-refractivity contribution in [2.45, 2.75) is 65.2 Å². The Hall–Kier alpha value is -2.50. The number of ketones is 1. The Morgan fingerprint density at radius 3 is 2.81 bits per heavy atom. The molecule has 4 aliphatic carbocycles. The Labute approximate surface area is 188 Å². The number of nitrogens with zero attached hydrogens (tertiary/aromatic N) is 2. The Balaban J connectivity index is 1.25. The van der Waals surface area contributed by atoms with Crippen LogP contribution in [0.1, 0.15) is 65.2 Å². The minimum Gasteiger partial charge on any atom is -0.324 e. The second-order valence-corrected chi connectivity index (χ2v) is 11.1. The third-order valence-corrected chi connectivity index (χ3v) is 9.88. The maximum absolute atomic E-state index is 13.5. The number of para-hydroxylation sites is 1. The van der Waals surface area contributed by atoms with E-state index >= 15 is 0 Å². The van der Waals surface area contributed by atoms with Gasteiger partial charge in [-0.05, 0) is 91.7 Å². The summed E-state index contributed by atoms with van der Waals surface area (Å²) in [6.45, 7) is 4.79. The molecule has 3 saturated carbocycles. The number of allylic oxidation sites excluding steroid dienone is 1. The first kappa shape index (κ1) is 20.1. The van der Waals surface area contributed by atoms with Crippen molar-refractivity contribution in [3.05, 3.63) is 29.8 Å². The van der Waals surface area contributed by atoms with Crippen LogP contribution in [0.25, 0.3) is 11.0 Å². The number of hydrogen-bond acceptors (Lipinski definition) is 4. The van der Waals surface area contributed by atoms with Gasteiger partial charge in [0.15, 0.2) is 5.78 Å². The zero-order valence-electron chi connectivity index (χ0n) is 19.0. The normalized spacial score (nSPS) is 38.6. The standard InChI is InChI=1S/C26H32N4O2/c1-25-12-10-16(31)14-15(25)6-7-17-18-8-9-20(26(18,2)13-11-19(17)25)24(32)27-21-4-3-5-22-23(21)29-30-28-22/h3-5,14,17-20H,6-13H2,1-2H3,(H,27,32)(H,28,29,30)/t17-,18-,19-,20+,25-,26-/m0/s1. The van der Waals surface area contributed by atoms with E-state index in [-0.39, 0.29) is 22.7 Å². The molecule has 1 amide bonds. The number of amides is 1. The number of anilines is 1. The van der Waals surface area contributed by atoms with Crippen molar-refractivity contribution in [3.63, 3.8) is 0 Å². The molecule has 168 valence electrons. The van der Waals surface area contributed by atoms with Crippen molar-refractivity contribution in [3.8, 4) is 0 Å². The van der Waals surface area contributed by atoms with Gasteiger partial charge < -0.3 is 5.32 Å². The van der Waals surface area contributed by atoms with Crippen LogP contribution in [0.2, 0.25) is 0 Å². The van der Waals surface area contributed by atoms with Crippen LogP contribution in [-0.4, -0.2) is 27.1 Å². The van der Waals surface area contributed by atoms with Gasteiger partial charge in [-0.15, -0.1) is 0 Å². The number of carbonyl (C=O) groups excluding carboxylic acids is 2. The number of carbonyl (C=O) groups is 2. The van der Waals surface area contributed by atoms with Crippen molar-refractivity contribution in [1.82, 2.24) is 15.4 Å². The van der Waals surface area contributed by atoms with Gasteiger partial charge in [-0.3, -0.25) is 9.59 Å². The average molecular weight is 433 g/mol. The summed E-state index contributed by atoms with van der Waals surface area (Å²) >= 11 is 0. The van der Waals surface area contributed by atoms with Crippen molar-refractivity contribution >= 4 is 28.4 Å². The molecule has 3 fully saturated rings. The summed E-state index contributed by atoms with van der Waals surface area (Å²) in [5.41, 5.74) is 3.87. The number of hydrogen-bond donors (Lipinski definition) is 2. The summed E-state index contributed by atoms with van der Waals surface area (Å²) in [6.07, 6.45) is 10.3. The van der Waals surface area contributed by atoms with Crippen molar-refractivity contribution < 1.29 is 9.59 Å². The summed E-state index contributed by atoms with van der Waals surface area (Å²) in [5.74, 6) is 2.40. The fraction of sp³-hybridized carbons (Fsp3) is 0.615. The van der Waals surface area contributed by atoms with E-state index in [9.17, 15) is 9.59 Å². The molecular weight excluding hydrogens is 400 g/mol. The number of fused-ring (bicyclic) bond motifs is 6. The lowest BCUT2D eigenvalue weighted by atomic mass is 9.47. The molecule has 6 rings (SSSR count). The Kier molecular flexibility index (Phi) is 4.40. The third kappa shape index (κ3) is 2.77. The fourth-order valence-electron chi connectivity index (χ4n) is 8.18. The second-order valence-electron chi connectivity index (χ2n) is 11.1. The zero-order chi connectivity index (χ0) is 22.1. The van der Waals surface area contributed by atoms with Crippen LogP contribution in [0.4, 0.5) is 5.69 Å². The third-order valence-electron chi connectivity index (χ3n) is 9.88. The van der Waals surface area contributed by atoms with Crippen LogP contribution >= 0.6 is 0 Å². The van der Waals surface area contributed by atoms with Crippen LogP contribution in [0.15, 0.2) is 29.8 Å². The lowest BCUT2D eigenvalue weighted by molar-refractivity contribution is -0.127. The number of nitrogens with one attached hydrogen (secondary N) is 2. The first-order valence-corrected chi connectivity index (χ1v) is 12.2. The lowest BCUT2D eigenvalue weighted by Gasteiger charge is -2.58. The molecule has 1 heterocycles. The highest BCUT2D eigenvalue weighted by Crippen LogP contribution is 2.66. The van der Waals surface area contributed by atoms with E-state index in [1.54, 1.807) is 0 Å². The Bertz CT molecular complexity index is 1140. The van der Waals surface area contributed by atoms with E-state index in [4.69, 9.17) is 0 Å². The summed E-state index contributed by atoms with van der Waals surface area (Å²) in [7, 11) is 0. The summed E-state index contributed by atoms with van der Waals surface area (Å²) in [6, 6.07) is 5.72. The highest BCUT2D eigenvalue weighted by molar-refractivity contribution is 6.00.